The molecule has 1 aromatic carbocycles. The molecule has 22 heavy (non-hydrogen) atoms. The summed E-state index contributed by atoms with van der Waals surface area (Å²) in [7, 11) is 2.13. The van der Waals surface area contributed by atoms with Gasteiger partial charge >= 0.3 is 6.61 Å². The van der Waals surface area contributed by atoms with Crippen molar-refractivity contribution in [2.45, 2.75) is 50.8 Å². The lowest BCUT2D eigenvalue weighted by atomic mass is 9.76. The van der Waals surface area contributed by atoms with Crippen LogP contribution in [0.3, 0.4) is 0 Å². The van der Waals surface area contributed by atoms with Crippen LogP contribution in [0.5, 0.6) is 5.75 Å². The van der Waals surface area contributed by atoms with Crippen LogP contribution < -0.4 is 4.74 Å². The van der Waals surface area contributed by atoms with E-state index in [4.69, 9.17) is 0 Å². The number of para-hydroxylation sites is 1. The Hall–Kier alpha value is -1.49. The highest BCUT2D eigenvalue weighted by Gasteiger charge is 2.39. The Balaban J connectivity index is 1.80. The smallest absolute Gasteiger partial charge is 0.387 e. The normalized spacial score (nSPS) is 28.6. The van der Waals surface area contributed by atoms with Crippen molar-refractivity contribution in [3.8, 4) is 5.75 Å². The first-order valence-corrected chi connectivity index (χ1v) is 7.86. The van der Waals surface area contributed by atoms with Crippen molar-refractivity contribution in [1.29, 1.82) is 0 Å². The second-order valence-electron chi connectivity index (χ2n) is 6.31. The Morgan fingerprint density at radius 3 is 2.50 bits per heavy atom. The highest BCUT2D eigenvalue weighted by molar-refractivity contribution is 6.00. The van der Waals surface area contributed by atoms with Gasteiger partial charge < -0.3 is 9.64 Å². The van der Waals surface area contributed by atoms with E-state index in [1.807, 2.05) is 0 Å². The number of carbonyl (C=O) groups is 1. The zero-order valence-corrected chi connectivity index (χ0v) is 12.7. The summed E-state index contributed by atoms with van der Waals surface area (Å²) < 4.78 is 29.5. The maximum atomic E-state index is 12.8. The van der Waals surface area contributed by atoms with Crippen molar-refractivity contribution in [1.82, 2.24) is 4.90 Å². The quantitative estimate of drug-likeness (QED) is 0.794. The Morgan fingerprint density at radius 1 is 1.23 bits per heavy atom. The third kappa shape index (κ3) is 3.00. The van der Waals surface area contributed by atoms with E-state index in [1.165, 1.54) is 12.5 Å². The first-order valence-electron chi connectivity index (χ1n) is 7.86. The number of hydrogen-bond acceptors (Lipinski definition) is 3. The summed E-state index contributed by atoms with van der Waals surface area (Å²) in [6.45, 7) is -2.91. The van der Waals surface area contributed by atoms with E-state index < -0.39 is 6.61 Å². The number of Topliss-reactive ketones (excluding diaryl/α,β-unsaturated/α-hetero) is 1. The molecule has 5 heteroatoms. The molecule has 1 aromatic rings. The van der Waals surface area contributed by atoms with E-state index in [1.54, 1.807) is 18.2 Å². The molecule has 0 radical (unpaired) electrons. The van der Waals surface area contributed by atoms with Crippen molar-refractivity contribution in [3.63, 3.8) is 0 Å². The van der Waals surface area contributed by atoms with Gasteiger partial charge in [-0.2, -0.15) is 8.78 Å². The van der Waals surface area contributed by atoms with Crippen LogP contribution in [-0.4, -0.2) is 36.4 Å². The molecule has 3 rings (SSSR count). The van der Waals surface area contributed by atoms with Gasteiger partial charge in [0.25, 0.3) is 0 Å². The van der Waals surface area contributed by atoms with Crippen LogP contribution in [0.25, 0.3) is 0 Å². The summed E-state index contributed by atoms with van der Waals surface area (Å²) in [5.41, 5.74) is 0.287. The summed E-state index contributed by atoms with van der Waals surface area (Å²) >= 11 is 0. The molecule has 2 unspecified atom stereocenters. The van der Waals surface area contributed by atoms with Gasteiger partial charge in [0.2, 0.25) is 0 Å². The van der Waals surface area contributed by atoms with Crippen LogP contribution in [0, 0.1) is 5.92 Å². The Morgan fingerprint density at radius 2 is 1.86 bits per heavy atom. The lowest BCUT2D eigenvalue weighted by Gasteiger charge is -2.46. The van der Waals surface area contributed by atoms with Crippen molar-refractivity contribution in [2.75, 3.05) is 7.05 Å². The lowest BCUT2D eigenvalue weighted by molar-refractivity contribution is -0.0502. The fraction of sp³-hybridized carbons (Fsp3) is 0.588. The number of alkyl halides is 2. The van der Waals surface area contributed by atoms with Crippen molar-refractivity contribution < 1.29 is 18.3 Å². The van der Waals surface area contributed by atoms with Gasteiger partial charge in [0.1, 0.15) is 5.75 Å². The topological polar surface area (TPSA) is 29.5 Å². The second kappa shape index (κ2) is 6.32. The fourth-order valence-electron chi connectivity index (χ4n) is 3.92. The minimum Gasteiger partial charge on any atom is -0.434 e. The molecule has 2 aliphatic rings. The summed E-state index contributed by atoms with van der Waals surface area (Å²) in [6.07, 6.45) is 5.08. The number of halogens is 2. The Kier molecular flexibility index (Phi) is 4.43. The number of benzene rings is 1. The number of hydrogen-bond donors (Lipinski definition) is 0. The molecule has 0 saturated carbocycles. The maximum Gasteiger partial charge on any atom is 0.387 e. The molecule has 0 spiro atoms. The molecule has 2 heterocycles. The number of rotatable bonds is 4. The molecule has 0 aliphatic carbocycles. The molecule has 2 bridgehead atoms. The summed E-state index contributed by atoms with van der Waals surface area (Å²) in [5, 5.41) is 0. The highest BCUT2D eigenvalue weighted by Crippen LogP contribution is 2.38. The minimum atomic E-state index is -2.91. The Bertz CT molecular complexity index is 535. The molecular weight excluding hydrogens is 288 g/mol. The maximum absolute atomic E-state index is 12.8. The van der Waals surface area contributed by atoms with Gasteiger partial charge in [-0.05, 0) is 44.9 Å². The SMILES string of the molecule is CN1C2CCCC1CC(C(=O)c1ccccc1OC(F)F)C2. The van der Waals surface area contributed by atoms with Gasteiger partial charge in [-0.1, -0.05) is 18.6 Å². The summed E-state index contributed by atoms with van der Waals surface area (Å²) in [4.78, 5) is 15.2. The van der Waals surface area contributed by atoms with Crippen LogP contribution >= 0.6 is 0 Å². The van der Waals surface area contributed by atoms with Crippen LogP contribution in [0.15, 0.2) is 24.3 Å². The van der Waals surface area contributed by atoms with Gasteiger partial charge in [0.15, 0.2) is 5.78 Å². The van der Waals surface area contributed by atoms with Crippen molar-refractivity contribution >= 4 is 5.78 Å². The highest BCUT2D eigenvalue weighted by atomic mass is 19.3. The first-order chi connectivity index (χ1) is 10.6. The number of ketones is 1. The van der Waals surface area contributed by atoms with Gasteiger partial charge in [-0.15, -0.1) is 0 Å². The molecule has 120 valence electrons. The molecule has 2 saturated heterocycles. The molecule has 0 amide bonds. The van der Waals surface area contributed by atoms with E-state index in [2.05, 4.69) is 16.7 Å². The van der Waals surface area contributed by atoms with Gasteiger partial charge in [-0.25, -0.2) is 0 Å². The van der Waals surface area contributed by atoms with Gasteiger partial charge in [-0.3, -0.25) is 4.79 Å². The molecule has 2 aliphatic heterocycles. The predicted octanol–water partition coefficient (Wildman–Crippen LogP) is 3.73. The largest absolute Gasteiger partial charge is 0.434 e. The zero-order chi connectivity index (χ0) is 15.7. The number of piperidine rings is 2. The summed E-state index contributed by atoms with van der Waals surface area (Å²) in [6, 6.07) is 7.21. The van der Waals surface area contributed by atoms with Crippen molar-refractivity contribution in [3.05, 3.63) is 29.8 Å². The van der Waals surface area contributed by atoms with E-state index in [0.717, 1.165) is 25.7 Å². The second-order valence-corrected chi connectivity index (χ2v) is 6.31. The van der Waals surface area contributed by atoms with E-state index >= 15 is 0 Å². The number of carbonyl (C=O) groups excluding carboxylic acids is 1. The third-order valence-electron chi connectivity index (χ3n) is 5.08. The van der Waals surface area contributed by atoms with Crippen LogP contribution in [-0.2, 0) is 0 Å². The Labute approximate surface area is 129 Å². The molecule has 0 N–H and O–H groups in total. The fourth-order valence-corrected chi connectivity index (χ4v) is 3.92. The number of nitrogens with zero attached hydrogens (tertiary/aromatic N) is 1. The van der Waals surface area contributed by atoms with E-state index in [-0.39, 0.29) is 23.0 Å². The average molecular weight is 309 g/mol. The number of fused-ring (bicyclic) bond motifs is 2. The first kappa shape index (κ1) is 15.4. The standard InChI is InChI=1S/C17H21F2NO2/c1-20-12-5-4-6-13(20)10-11(9-12)16(21)14-7-2-3-8-15(14)22-17(18)19/h2-3,7-8,11-13,17H,4-6,9-10H2,1H3. The average Bonchev–Trinajstić information content (AvgIpc) is 2.46. The van der Waals surface area contributed by atoms with Crippen LogP contribution in [0.1, 0.15) is 42.5 Å². The van der Waals surface area contributed by atoms with Gasteiger partial charge in [0, 0.05) is 18.0 Å². The molecule has 3 nitrogen and oxygen atoms in total. The number of ether oxygens (including phenoxy) is 1. The molecule has 0 aromatic heterocycles. The summed E-state index contributed by atoms with van der Waals surface area (Å²) in [5.74, 6) is -0.151. The molecule has 2 fully saturated rings. The predicted molar refractivity (Wildman–Crippen MR) is 79.3 cm³/mol. The lowest BCUT2D eigenvalue weighted by Crippen LogP contribution is -2.51. The van der Waals surface area contributed by atoms with Crippen LogP contribution in [0.4, 0.5) is 8.78 Å². The zero-order valence-electron chi connectivity index (χ0n) is 12.7. The minimum absolute atomic E-state index is 0.00779. The molecule has 2 atom stereocenters. The third-order valence-corrected chi connectivity index (χ3v) is 5.08. The van der Waals surface area contributed by atoms with E-state index in [9.17, 15) is 13.6 Å². The van der Waals surface area contributed by atoms with Crippen LogP contribution in [0.2, 0.25) is 0 Å². The van der Waals surface area contributed by atoms with E-state index in [0.29, 0.717) is 12.1 Å². The molecular formula is C17H21F2NO2. The van der Waals surface area contributed by atoms with Gasteiger partial charge in [0.05, 0.1) is 5.56 Å². The van der Waals surface area contributed by atoms with Crippen molar-refractivity contribution in [2.24, 2.45) is 5.92 Å². The monoisotopic (exact) mass is 309 g/mol.